The first-order valence-corrected chi connectivity index (χ1v) is 15.5. The Morgan fingerprint density at radius 1 is 0.889 bits per heavy atom. The van der Waals surface area contributed by atoms with E-state index in [1.807, 2.05) is 57.2 Å². The Morgan fingerprint density at radius 3 is 2.04 bits per heavy atom. The molecule has 10 nitrogen and oxygen atoms in total. The molecular formula is C35H51N3O7. The number of hydrogen-bond donors (Lipinski definition) is 3. The van der Waals surface area contributed by atoms with Crippen molar-refractivity contribution in [3.8, 4) is 0 Å². The zero-order valence-corrected chi connectivity index (χ0v) is 28.2. The van der Waals surface area contributed by atoms with Crippen molar-refractivity contribution in [1.29, 1.82) is 0 Å². The molecule has 0 aliphatic carbocycles. The topological polar surface area (TPSA) is 134 Å². The van der Waals surface area contributed by atoms with E-state index in [0.717, 1.165) is 11.1 Å². The van der Waals surface area contributed by atoms with Crippen LogP contribution in [0, 0.1) is 12.8 Å². The van der Waals surface area contributed by atoms with Crippen LogP contribution in [0.1, 0.15) is 84.5 Å². The molecule has 0 heterocycles. The predicted octanol–water partition coefficient (Wildman–Crippen LogP) is 4.87. The Hall–Kier alpha value is -3.92. The van der Waals surface area contributed by atoms with Crippen LogP contribution in [0.5, 0.6) is 0 Å². The second-order valence-corrected chi connectivity index (χ2v) is 13.4. The van der Waals surface area contributed by atoms with Crippen LogP contribution in [0.25, 0.3) is 0 Å². The lowest BCUT2D eigenvalue weighted by Crippen LogP contribution is -2.57. The van der Waals surface area contributed by atoms with Crippen LogP contribution in [0.2, 0.25) is 0 Å². The Bertz CT molecular complexity index is 1280. The summed E-state index contributed by atoms with van der Waals surface area (Å²) >= 11 is 0. The fourth-order valence-electron chi connectivity index (χ4n) is 4.75. The summed E-state index contributed by atoms with van der Waals surface area (Å²) in [5, 5.41) is 15.7. The molecule has 0 spiro atoms. The first kappa shape index (κ1) is 37.3. The number of aliphatic hydroxyl groups is 1. The van der Waals surface area contributed by atoms with E-state index in [0.29, 0.717) is 12.0 Å². The summed E-state index contributed by atoms with van der Waals surface area (Å²) in [6.45, 7) is 15.3. The fraction of sp³-hybridized carbons (Fsp3) is 0.543. The lowest BCUT2D eigenvalue weighted by Gasteiger charge is -2.36. The highest BCUT2D eigenvalue weighted by Gasteiger charge is 2.39. The first-order chi connectivity index (χ1) is 21.0. The number of aryl methyl sites for hydroxylation is 1. The van der Waals surface area contributed by atoms with E-state index in [1.165, 1.54) is 4.90 Å². The van der Waals surface area contributed by atoms with Crippen molar-refractivity contribution < 1.29 is 33.8 Å². The van der Waals surface area contributed by atoms with Gasteiger partial charge >= 0.3 is 12.1 Å². The monoisotopic (exact) mass is 625 g/mol. The van der Waals surface area contributed by atoms with Crippen molar-refractivity contribution in [2.24, 2.45) is 5.92 Å². The molecule has 4 unspecified atom stereocenters. The third-order valence-corrected chi connectivity index (χ3v) is 6.98. The van der Waals surface area contributed by atoms with Crippen LogP contribution in [-0.2, 0) is 30.3 Å². The number of carbonyl (C=O) groups excluding carboxylic acids is 4. The minimum Gasteiger partial charge on any atom is -0.458 e. The maximum absolute atomic E-state index is 14.3. The molecule has 248 valence electrons. The normalized spacial score (nSPS) is 14.4. The number of ether oxygens (including phenoxy) is 2. The van der Waals surface area contributed by atoms with Crippen LogP contribution >= 0.6 is 0 Å². The SMILES string of the molecule is CCC(C)C(NC(=O)OC(C)(C)C)C(=O)N(CCO)C(C(=O)NC(Cc1ccccc1)C(=O)OC(C)(C)C)c1cccc(C)c1. The van der Waals surface area contributed by atoms with Gasteiger partial charge < -0.3 is 30.1 Å². The van der Waals surface area contributed by atoms with Gasteiger partial charge in [0.1, 0.15) is 29.3 Å². The van der Waals surface area contributed by atoms with Crippen LogP contribution < -0.4 is 10.6 Å². The van der Waals surface area contributed by atoms with Crippen molar-refractivity contribution in [2.45, 2.75) is 104 Å². The molecule has 10 heteroatoms. The minimum absolute atomic E-state index is 0.158. The summed E-state index contributed by atoms with van der Waals surface area (Å²) in [6, 6.07) is 13.0. The van der Waals surface area contributed by atoms with Gasteiger partial charge in [-0.15, -0.1) is 0 Å². The highest BCUT2D eigenvalue weighted by Crippen LogP contribution is 2.26. The zero-order valence-electron chi connectivity index (χ0n) is 28.2. The maximum atomic E-state index is 14.3. The second-order valence-electron chi connectivity index (χ2n) is 13.4. The molecule has 0 fully saturated rings. The number of aliphatic hydroxyl groups excluding tert-OH is 1. The van der Waals surface area contributed by atoms with Crippen molar-refractivity contribution in [2.75, 3.05) is 13.2 Å². The number of esters is 1. The van der Waals surface area contributed by atoms with E-state index in [2.05, 4.69) is 10.6 Å². The average molecular weight is 626 g/mol. The number of alkyl carbamates (subject to hydrolysis) is 1. The molecule has 2 aromatic rings. The molecule has 0 aliphatic rings. The number of carbonyl (C=O) groups is 4. The maximum Gasteiger partial charge on any atom is 0.408 e. The number of hydrogen-bond acceptors (Lipinski definition) is 7. The summed E-state index contributed by atoms with van der Waals surface area (Å²) in [6.07, 6.45) is -0.0706. The molecule has 2 rings (SSSR count). The van der Waals surface area contributed by atoms with Crippen LogP contribution in [0.4, 0.5) is 4.79 Å². The molecule has 0 saturated heterocycles. The Balaban J connectivity index is 2.59. The van der Waals surface area contributed by atoms with E-state index in [-0.39, 0.29) is 18.9 Å². The van der Waals surface area contributed by atoms with Crippen LogP contribution in [0.3, 0.4) is 0 Å². The Morgan fingerprint density at radius 2 is 1.51 bits per heavy atom. The summed E-state index contributed by atoms with van der Waals surface area (Å²) < 4.78 is 11.1. The number of nitrogens with one attached hydrogen (secondary N) is 2. The number of nitrogens with zero attached hydrogens (tertiary/aromatic N) is 1. The predicted molar refractivity (Wildman–Crippen MR) is 173 cm³/mol. The van der Waals surface area contributed by atoms with Gasteiger partial charge in [-0.2, -0.15) is 0 Å². The van der Waals surface area contributed by atoms with Crippen molar-refractivity contribution in [3.05, 3.63) is 71.3 Å². The largest absolute Gasteiger partial charge is 0.458 e. The molecule has 2 aromatic carbocycles. The summed E-state index contributed by atoms with van der Waals surface area (Å²) in [5.74, 6) is -2.15. The molecule has 45 heavy (non-hydrogen) atoms. The average Bonchev–Trinajstić information content (AvgIpc) is 2.93. The molecule has 3 amide bonds. The summed E-state index contributed by atoms with van der Waals surface area (Å²) in [4.78, 5) is 56.1. The molecule has 0 radical (unpaired) electrons. The highest BCUT2D eigenvalue weighted by molar-refractivity contribution is 5.94. The fourth-order valence-corrected chi connectivity index (χ4v) is 4.75. The lowest BCUT2D eigenvalue weighted by molar-refractivity contribution is -0.159. The van der Waals surface area contributed by atoms with E-state index < -0.39 is 59.8 Å². The van der Waals surface area contributed by atoms with E-state index in [1.54, 1.807) is 59.7 Å². The third kappa shape index (κ3) is 12.2. The van der Waals surface area contributed by atoms with E-state index in [9.17, 15) is 24.3 Å². The van der Waals surface area contributed by atoms with Crippen LogP contribution in [-0.4, -0.2) is 70.3 Å². The Kier molecular flexibility index (Phi) is 13.6. The van der Waals surface area contributed by atoms with Gasteiger partial charge in [-0.1, -0.05) is 80.4 Å². The second kappa shape index (κ2) is 16.4. The molecule has 0 aliphatic heterocycles. The molecule has 4 atom stereocenters. The molecule has 0 aromatic heterocycles. The highest BCUT2D eigenvalue weighted by atomic mass is 16.6. The summed E-state index contributed by atoms with van der Waals surface area (Å²) in [5.41, 5.74) is 0.541. The van der Waals surface area contributed by atoms with E-state index >= 15 is 0 Å². The van der Waals surface area contributed by atoms with Crippen molar-refractivity contribution in [3.63, 3.8) is 0 Å². The van der Waals surface area contributed by atoms with Gasteiger partial charge in [0, 0.05) is 13.0 Å². The van der Waals surface area contributed by atoms with Gasteiger partial charge in [0.05, 0.1) is 6.61 Å². The lowest BCUT2D eigenvalue weighted by atomic mass is 9.95. The zero-order chi connectivity index (χ0) is 33.9. The van der Waals surface area contributed by atoms with Gasteiger partial charge in [-0.25, -0.2) is 9.59 Å². The quantitative estimate of drug-likeness (QED) is 0.271. The number of benzene rings is 2. The van der Waals surface area contributed by atoms with Crippen molar-refractivity contribution >= 4 is 23.9 Å². The number of amides is 3. The van der Waals surface area contributed by atoms with Gasteiger partial charge in [0.15, 0.2) is 0 Å². The molecule has 0 bridgehead atoms. The smallest absolute Gasteiger partial charge is 0.408 e. The van der Waals surface area contributed by atoms with Gasteiger partial charge in [-0.3, -0.25) is 9.59 Å². The molecular weight excluding hydrogens is 574 g/mol. The minimum atomic E-state index is -1.24. The third-order valence-electron chi connectivity index (χ3n) is 6.98. The first-order valence-electron chi connectivity index (χ1n) is 15.5. The van der Waals surface area contributed by atoms with Gasteiger partial charge in [0.2, 0.25) is 11.8 Å². The molecule has 0 saturated carbocycles. The van der Waals surface area contributed by atoms with Crippen molar-refractivity contribution in [1.82, 2.24) is 15.5 Å². The molecule has 3 N–H and O–H groups in total. The summed E-state index contributed by atoms with van der Waals surface area (Å²) in [7, 11) is 0. The Labute approximate surface area is 267 Å². The van der Waals surface area contributed by atoms with E-state index in [4.69, 9.17) is 9.47 Å². The van der Waals surface area contributed by atoms with Gasteiger partial charge in [-0.05, 0) is 65.5 Å². The standard InChI is InChI=1S/C35H51N3O7/c1-10-24(3)28(37-33(43)45-35(7,8)9)31(41)38(19-20-39)29(26-18-14-15-23(2)21-26)30(40)36-27(32(42)44-34(4,5)6)22-25-16-12-11-13-17-25/h11-18,21,24,27-29,39H,10,19-20,22H2,1-9H3,(H,36,40)(H,37,43). The van der Waals surface area contributed by atoms with Crippen LogP contribution in [0.15, 0.2) is 54.6 Å². The number of rotatable bonds is 13. The van der Waals surface area contributed by atoms with Gasteiger partial charge in [0.25, 0.3) is 0 Å².